The van der Waals surface area contributed by atoms with Crippen molar-refractivity contribution in [2.45, 2.75) is 45.6 Å². The maximum Gasteiger partial charge on any atom is 0.140 e. The van der Waals surface area contributed by atoms with Gasteiger partial charge >= 0.3 is 0 Å². The molecule has 1 aliphatic heterocycles. The fraction of sp³-hybridized carbons (Fsp3) is 0.600. The molecular formula is C20H32Cl2N4O. The number of benzene rings is 1. The third-order valence-corrected chi connectivity index (χ3v) is 5.09. The molecule has 1 aromatic carbocycles. The summed E-state index contributed by atoms with van der Waals surface area (Å²) in [5.41, 5.74) is 6.69. The van der Waals surface area contributed by atoms with Crippen molar-refractivity contribution in [3.05, 3.63) is 30.1 Å². The van der Waals surface area contributed by atoms with E-state index in [1.807, 2.05) is 18.2 Å². The Kier molecular flexibility index (Phi) is 9.74. The van der Waals surface area contributed by atoms with Crippen LogP contribution in [0.2, 0.25) is 0 Å². The Bertz CT molecular complexity index is 705. The molecule has 1 atom stereocenters. The zero-order valence-corrected chi connectivity index (χ0v) is 17.8. The van der Waals surface area contributed by atoms with Crippen molar-refractivity contribution in [2.75, 3.05) is 24.5 Å². The second kappa shape index (κ2) is 11.0. The zero-order chi connectivity index (χ0) is 17.8. The van der Waals surface area contributed by atoms with Crippen molar-refractivity contribution in [2.24, 2.45) is 17.6 Å². The van der Waals surface area contributed by atoms with E-state index in [1.165, 1.54) is 0 Å². The number of rotatable bonds is 6. The Labute approximate surface area is 174 Å². The summed E-state index contributed by atoms with van der Waals surface area (Å²) in [5, 5.41) is 11.5. The fourth-order valence-corrected chi connectivity index (χ4v) is 3.76. The minimum absolute atomic E-state index is 0. The van der Waals surface area contributed by atoms with E-state index < -0.39 is 0 Å². The lowest BCUT2D eigenvalue weighted by molar-refractivity contribution is 0.0734. The number of hydrogen-bond acceptors (Lipinski definition) is 5. The number of aliphatic hydroxyl groups excluding tert-OH is 1. The summed E-state index contributed by atoms with van der Waals surface area (Å²) < 4.78 is 0. The van der Waals surface area contributed by atoms with Crippen LogP contribution >= 0.6 is 24.8 Å². The minimum atomic E-state index is -0.183. The summed E-state index contributed by atoms with van der Waals surface area (Å²) in [6.07, 6.45) is 3.43. The Balaban J connectivity index is 0.00000182. The summed E-state index contributed by atoms with van der Waals surface area (Å²) in [7, 11) is 0. The van der Waals surface area contributed by atoms with Gasteiger partial charge in [0.05, 0.1) is 11.6 Å². The average molecular weight is 415 g/mol. The number of aromatic nitrogens is 2. The normalized spacial score (nSPS) is 16.1. The summed E-state index contributed by atoms with van der Waals surface area (Å²) in [6.45, 7) is 6.77. The van der Waals surface area contributed by atoms with Crippen molar-refractivity contribution in [1.29, 1.82) is 0 Å². The van der Waals surface area contributed by atoms with Gasteiger partial charge in [-0.1, -0.05) is 26.0 Å². The number of para-hydroxylation sites is 1. The molecule has 0 aliphatic carbocycles. The van der Waals surface area contributed by atoms with Crippen molar-refractivity contribution >= 4 is 41.5 Å². The molecule has 0 saturated carbocycles. The van der Waals surface area contributed by atoms with E-state index >= 15 is 0 Å². The van der Waals surface area contributed by atoms with Gasteiger partial charge in [-0.25, -0.2) is 9.97 Å². The number of fused-ring (bicyclic) bond motifs is 1. The summed E-state index contributed by atoms with van der Waals surface area (Å²) in [6, 6.07) is 8.19. The molecule has 3 rings (SSSR count). The smallest absolute Gasteiger partial charge is 0.140 e. The van der Waals surface area contributed by atoms with Crippen molar-refractivity contribution in [3.63, 3.8) is 0 Å². The van der Waals surface area contributed by atoms with Crippen LogP contribution in [0, 0.1) is 11.8 Å². The summed E-state index contributed by atoms with van der Waals surface area (Å²) >= 11 is 0. The Morgan fingerprint density at radius 3 is 2.44 bits per heavy atom. The molecule has 5 nitrogen and oxygen atoms in total. The first kappa shape index (κ1) is 23.9. The van der Waals surface area contributed by atoms with Gasteiger partial charge in [0.2, 0.25) is 0 Å². The summed E-state index contributed by atoms with van der Waals surface area (Å²) in [4.78, 5) is 11.8. The van der Waals surface area contributed by atoms with Crippen LogP contribution in [-0.2, 0) is 6.42 Å². The Morgan fingerprint density at radius 1 is 1.15 bits per heavy atom. The maximum absolute atomic E-state index is 10.4. The largest absolute Gasteiger partial charge is 0.393 e. The van der Waals surface area contributed by atoms with Gasteiger partial charge in [0.25, 0.3) is 0 Å². The molecule has 0 radical (unpaired) electrons. The molecule has 27 heavy (non-hydrogen) atoms. The number of nitrogens with two attached hydrogens (primary N) is 1. The van der Waals surface area contributed by atoms with Crippen molar-refractivity contribution in [3.8, 4) is 0 Å². The van der Waals surface area contributed by atoms with E-state index in [9.17, 15) is 5.11 Å². The van der Waals surface area contributed by atoms with E-state index in [0.29, 0.717) is 24.8 Å². The average Bonchev–Trinajstić information content (AvgIpc) is 2.61. The summed E-state index contributed by atoms with van der Waals surface area (Å²) in [5.74, 6) is 2.77. The molecule has 152 valence electrons. The van der Waals surface area contributed by atoms with Crippen LogP contribution in [0.5, 0.6) is 0 Å². The van der Waals surface area contributed by atoms with Gasteiger partial charge in [0, 0.05) is 24.9 Å². The number of aliphatic hydroxyl groups is 1. The van der Waals surface area contributed by atoms with Crippen LogP contribution in [0.3, 0.4) is 0 Å². The van der Waals surface area contributed by atoms with Gasteiger partial charge in [-0.15, -0.1) is 24.8 Å². The molecule has 0 spiro atoms. The molecule has 1 unspecified atom stereocenters. The van der Waals surface area contributed by atoms with Gasteiger partial charge in [-0.2, -0.15) is 0 Å². The molecule has 2 aromatic rings. The quantitative estimate of drug-likeness (QED) is 0.754. The number of halogens is 2. The third-order valence-electron chi connectivity index (χ3n) is 5.09. The van der Waals surface area contributed by atoms with Crippen LogP contribution in [0.4, 0.5) is 5.82 Å². The fourth-order valence-electron chi connectivity index (χ4n) is 3.76. The number of hydrogen-bond donors (Lipinski definition) is 2. The Morgan fingerprint density at radius 2 is 1.81 bits per heavy atom. The second-order valence-corrected chi connectivity index (χ2v) is 7.54. The lowest BCUT2D eigenvalue weighted by Crippen LogP contribution is -2.38. The van der Waals surface area contributed by atoms with E-state index in [1.54, 1.807) is 0 Å². The van der Waals surface area contributed by atoms with E-state index in [-0.39, 0.29) is 30.9 Å². The van der Waals surface area contributed by atoms with E-state index in [0.717, 1.165) is 54.9 Å². The first-order valence-electron chi connectivity index (χ1n) is 9.47. The minimum Gasteiger partial charge on any atom is -0.393 e. The van der Waals surface area contributed by atoms with Crippen molar-refractivity contribution < 1.29 is 5.11 Å². The standard InChI is InChI=1S/C20H30N4O.2ClH/c1-14(2)13-18(25)15-8-11-24(12-9-15)20-16-5-3-4-6-17(16)22-19(23-20)7-10-21;;/h3-6,14-15,18,25H,7-13,21H2,1-2H3;2*1H. The third kappa shape index (κ3) is 5.92. The van der Waals surface area contributed by atoms with Crippen LogP contribution in [0.15, 0.2) is 24.3 Å². The molecule has 7 heteroatoms. The lowest BCUT2D eigenvalue weighted by atomic mass is 9.87. The van der Waals surface area contributed by atoms with Crippen LogP contribution < -0.4 is 10.6 Å². The SMILES string of the molecule is CC(C)CC(O)C1CCN(c2nc(CCN)nc3ccccc23)CC1.Cl.Cl. The second-order valence-electron chi connectivity index (χ2n) is 7.54. The van der Waals surface area contributed by atoms with Crippen LogP contribution in [0.1, 0.15) is 38.9 Å². The number of anilines is 1. The predicted octanol–water partition coefficient (Wildman–Crippen LogP) is 3.60. The molecule has 0 amide bonds. The lowest BCUT2D eigenvalue weighted by Gasteiger charge is -2.36. The highest BCUT2D eigenvalue weighted by Crippen LogP contribution is 2.30. The highest BCUT2D eigenvalue weighted by Gasteiger charge is 2.27. The van der Waals surface area contributed by atoms with E-state index in [4.69, 9.17) is 10.7 Å². The van der Waals surface area contributed by atoms with E-state index in [2.05, 4.69) is 29.8 Å². The number of piperidine rings is 1. The first-order chi connectivity index (χ1) is 12.1. The van der Waals surface area contributed by atoms with Gasteiger partial charge in [-0.3, -0.25) is 0 Å². The van der Waals surface area contributed by atoms with Gasteiger partial charge in [-0.05, 0) is 49.8 Å². The highest BCUT2D eigenvalue weighted by molar-refractivity contribution is 5.89. The highest BCUT2D eigenvalue weighted by atomic mass is 35.5. The van der Waals surface area contributed by atoms with Gasteiger partial charge < -0.3 is 15.7 Å². The van der Waals surface area contributed by atoms with Crippen LogP contribution in [0.25, 0.3) is 10.9 Å². The maximum atomic E-state index is 10.4. The molecule has 3 N–H and O–H groups in total. The molecular weight excluding hydrogens is 383 g/mol. The molecule has 1 saturated heterocycles. The monoisotopic (exact) mass is 414 g/mol. The van der Waals surface area contributed by atoms with Gasteiger partial charge in [0.15, 0.2) is 0 Å². The molecule has 0 bridgehead atoms. The molecule has 1 aromatic heterocycles. The van der Waals surface area contributed by atoms with Crippen molar-refractivity contribution in [1.82, 2.24) is 9.97 Å². The predicted molar refractivity (Wildman–Crippen MR) is 117 cm³/mol. The molecule has 1 fully saturated rings. The topological polar surface area (TPSA) is 75.3 Å². The van der Waals surface area contributed by atoms with Gasteiger partial charge in [0.1, 0.15) is 11.6 Å². The molecule has 1 aliphatic rings. The Hall–Kier alpha value is -1.14. The zero-order valence-electron chi connectivity index (χ0n) is 16.2. The number of nitrogens with zero attached hydrogens (tertiary/aromatic N) is 3. The van der Waals surface area contributed by atoms with Crippen LogP contribution in [-0.4, -0.2) is 40.8 Å². The molecule has 2 heterocycles. The first-order valence-corrected chi connectivity index (χ1v) is 9.47.